The Bertz CT molecular complexity index is 92.5. The first-order valence-electron chi connectivity index (χ1n) is 2.74. The van der Waals surface area contributed by atoms with Crippen LogP contribution in [0.15, 0.2) is 0 Å². The van der Waals surface area contributed by atoms with Crippen molar-refractivity contribution in [2.75, 3.05) is 0 Å². The zero-order valence-electron chi connectivity index (χ0n) is 5.49. The monoisotopic (exact) mass is 167 g/mol. The summed E-state index contributed by atoms with van der Waals surface area (Å²) in [6, 6.07) is -0.240. The smallest absolute Gasteiger partial charge is 0.390 e. The zero-order chi connectivity index (χ0) is 8.41. The van der Waals surface area contributed by atoms with Gasteiger partial charge in [-0.2, -0.15) is 0 Å². The summed E-state index contributed by atoms with van der Waals surface area (Å²) in [5.74, 6) is -1.44. The molecule has 9 N–H and O–H groups in total. The first-order chi connectivity index (χ1) is 4.21. The lowest BCUT2D eigenvalue weighted by Gasteiger charge is -2.19. The maximum atomic E-state index is 8.46. The fourth-order valence-corrected chi connectivity index (χ4v) is 1.15. The molecule has 0 fully saturated rings. The van der Waals surface area contributed by atoms with Crippen molar-refractivity contribution in [1.82, 2.24) is 0 Å². The number of hydrogen-bond donors (Lipinski definition) is 6. The van der Waals surface area contributed by atoms with E-state index >= 15 is 0 Å². The van der Waals surface area contributed by atoms with E-state index in [2.05, 4.69) is 0 Å². The third kappa shape index (κ3) is 7.98. The Morgan fingerprint density at radius 1 is 1.10 bits per heavy atom. The molecule has 0 unspecified atom stereocenters. The molecule has 0 saturated carbocycles. The van der Waals surface area contributed by atoms with E-state index in [0.29, 0.717) is 0 Å². The van der Waals surface area contributed by atoms with Gasteiger partial charge in [0.1, 0.15) is 5.79 Å². The summed E-state index contributed by atoms with van der Waals surface area (Å²) in [6.45, 7) is 0. The molecule has 7 heteroatoms. The van der Waals surface area contributed by atoms with Crippen molar-refractivity contribution in [2.45, 2.75) is 18.3 Å². The van der Waals surface area contributed by atoms with Crippen molar-refractivity contribution in [3.8, 4) is 0 Å². The highest BCUT2D eigenvalue weighted by molar-refractivity contribution is 6.56. The van der Waals surface area contributed by atoms with Crippen LogP contribution >= 0.6 is 0 Å². The summed E-state index contributed by atoms with van der Waals surface area (Å²) < 4.78 is 0. The average Bonchev–Trinajstić information content (AvgIpc) is 1.57. The Morgan fingerprint density at radius 2 is 1.50 bits per heavy atom. The van der Waals surface area contributed by atoms with Crippen LogP contribution < -0.4 is 17.2 Å². The molecule has 0 spiro atoms. The number of nitrogens with two attached hydrogens (primary N) is 3. The fraction of sp³-hybridized carbons (Fsp3) is 1.00. The van der Waals surface area contributed by atoms with Gasteiger partial charge in [0.15, 0.2) is 0 Å². The molecule has 0 aromatic heterocycles. The molecule has 62 valence electrons. The van der Waals surface area contributed by atoms with Gasteiger partial charge in [-0.05, 0) is 6.42 Å². The van der Waals surface area contributed by atoms with Crippen LogP contribution in [-0.2, 0) is 0 Å². The van der Waals surface area contributed by atoms with E-state index < -0.39 is 14.6 Å². The second-order valence-electron chi connectivity index (χ2n) is 2.39. The third-order valence-corrected chi connectivity index (χ3v) is 1.81. The molecule has 0 aromatic carbocycles. The van der Waals surface area contributed by atoms with Gasteiger partial charge in [0.25, 0.3) is 0 Å². The summed E-state index contributed by atoms with van der Waals surface area (Å²) in [4.78, 5) is 25.4. The fourth-order valence-electron chi connectivity index (χ4n) is 0.384. The van der Waals surface area contributed by atoms with Gasteiger partial charge in [0.2, 0.25) is 0 Å². The van der Waals surface area contributed by atoms with Gasteiger partial charge in [-0.15, -0.1) is 0 Å². The highest BCUT2D eigenvalue weighted by Crippen LogP contribution is 2.03. The van der Waals surface area contributed by atoms with Crippen LogP contribution in [0.5, 0.6) is 0 Å². The van der Waals surface area contributed by atoms with E-state index in [-0.39, 0.29) is 12.5 Å². The molecule has 6 nitrogen and oxygen atoms in total. The van der Waals surface area contributed by atoms with Gasteiger partial charge in [-0.3, -0.25) is 0 Å². The average molecular weight is 167 g/mol. The maximum Gasteiger partial charge on any atom is 0.492 e. The van der Waals surface area contributed by atoms with Crippen LogP contribution in [-0.4, -0.2) is 29.0 Å². The lowest BCUT2D eigenvalue weighted by molar-refractivity contribution is 0.220. The van der Waals surface area contributed by atoms with Gasteiger partial charge >= 0.3 is 8.80 Å². The van der Waals surface area contributed by atoms with Crippen molar-refractivity contribution in [3.63, 3.8) is 0 Å². The molecule has 0 saturated heterocycles. The highest BCUT2D eigenvalue weighted by Gasteiger charge is 2.29. The Balaban J connectivity index is 3.56. The van der Waals surface area contributed by atoms with Crippen LogP contribution in [0.1, 0.15) is 6.42 Å². The van der Waals surface area contributed by atoms with Gasteiger partial charge in [0.05, 0.1) is 0 Å². The second kappa shape index (κ2) is 2.92. The zero-order valence-corrected chi connectivity index (χ0v) is 6.49. The second-order valence-corrected chi connectivity index (χ2v) is 4.44. The first kappa shape index (κ1) is 9.98. The molecule has 0 heterocycles. The SMILES string of the molecule is NC(N)(N)CC[Si](O)(O)O. The van der Waals surface area contributed by atoms with Gasteiger partial charge < -0.3 is 31.6 Å². The predicted molar refractivity (Wildman–Crippen MR) is 37.1 cm³/mol. The Kier molecular flexibility index (Phi) is 2.92. The van der Waals surface area contributed by atoms with Crippen molar-refractivity contribution in [3.05, 3.63) is 0 Å². The first-order valence-corrected chi connectivity index (χ1v) is 4.79. The molecule has 0 atom stereocenters. The molecule has 0 aliphatic heterocycles. The third-order valence-electron chi connectivity index (χ3n) is 0.893. The standard InChI is InChI=1S/C3H13N3O3Si/c4-3(5,6)1-2-10(7,8)9/h7-9H,1-2,4-6H2. The highest BCUT2D eigenvalue weighted by atomic mass is 28.4. The van der Waals surface area contributed by atoms with Gasteiger partial charge in [-0.25, -0.2) is 0 Å². The lowest BCUT2D eigenvalue weighted by atomic mass is 10.3. The van der Waals surface area contributed by atoms with E-state index in [1.807, 2.05) is 0 Å². The van der Waals surface area contributed by atoms with E-state index in [4.69, 9.17) is 31.6 Å². The van der Waals surface area contributed by atoms with Crippen LogP contribution in [0.25, 0.3) is 0 Å². The molecule has 0 amide bonds. The molecule has 0 aliphatic carbocycles. The van der Waals surface area contributed by atoms with Crippen LogP contribution in [0, 0.1) is 0 Å². The van der Waals surface area contributed by atoms with E-state index in [0.717, 1.165) is 0 Å². The topological polar surface area (TPSA) is 139 Å². The molecule has 0 rings (SSSR count). The van der Waals surface area contributed by atoms with Gasteiger partial charge in [-0.1, -0.05) is 0 Å². The van der Waals surface area contributed by atoms with E-state index in [1.54, 1.807) is 0 Å². The Morgan fingerprint density at radius 3 is 1.60 bits per heavy atom. The van der Waals surface area contributed by atoms with E-state index in [9.17, 15) is 0 Å². The number of rotatable bonds is 3. The van der Waals surface area contributed by atoms with Gasteiger partial charge in [0, 0.05) is 6.04 Å². The maximum absolute atomic E-state index is 8.46. The molecular formula is C3H13N3O3Si. The summed E-state index contributed by atoms with van der Waals surface area (Å²) in [6.07, 6.45) is -0.0251. The largest absolute Gasteiger partial charge is 0.492 e. The Hall–Kier alpha value is -0.0231. The normalized spacial score (nSPS) is 13.8. The predicted octanol–water partition coefficient (Wildman–Crippen LogP) is -3.18. The lowest BCUT2D eigenvalue weighted by Crippen LogP contribution is -2.59. The molecule has 0 aromatic rings. The van der Waals surface area contributed by atoms with Crippen LogP contribution in [0.3, 0.4) is 0 Å². The summed E-state index contributed by atoms with van der Waals surface area (Å²) in [7, 11) is -4.01. The van der Waals surface area contributed by atoms with Crippen LogP contribution in [0.4, 0.5) is 0 Å². The minimum absolute atomic E-state index is 0.0251. The number of hydrogen-bond acceptors (Lipinski definition) is 6. The minimum Gasteiger partial charge on any atom is -0.390 e. The molecule has 10 heavy (non-hydrogen) atoms. The molecule has 0 radical (unpaired) electrons. The van der Waals surface area contributed by atoms with Crippen molar-refractivity contribution in [2.24, 2.45) is 17.2 Å². The quantitative estimate of drug-likeness (QED) is 0.193. The van der Waals surface area contributed by atoms with Crippen molar-refractivity contribution < 1.29 is 14.4 Å². The minimum atomic E-state index is -4.01. The summed E-state index contributed by atoms with van der Waals surface area (Å²) in [5.41, 5.74) is 15.3. The Labute approximate surface area is 59.6 Å². The van der Waals surface area contributed by atoms with Crippen LogP contribution in [0.2, 0.25) is 6.04 Å². The summed E-state index contributed by atoms with van der Waals surface area (Å²) in [5, 5.41) is 0. The van der Waals surface area contributed by atoms with Crippen molar-refractivity contribution in [1.29, 1.82) is 0 Å². The van der Waals surface area contributed by atoms with Crippen molar-refractivity contribution >= 4 is 8.80 Å². The molecular weight excluding hydrogens is 154 g/mol. The molecule has 0 aliphatic rings. The van der Waals surface area contributed by atoms with E-state index in [1.165, 1.54) is 0 Å². The molecule has 0 bridgehead atoms. The summed E-state index contributed by atoms with van der Waals surface area (Å²) >= 11 is 0.